The number of benzene rings is 6. The summed E-state index contributed by atoms with van der Waals surface area (Å²) in [7, 11) is 0. The lowest BCUT2D eigenvalue weighted by molar-refractivity contribution is 0.397. The highest BCUT2D eigenvalue weighted by Gasteiger charge is 2.46. The molecule has 0 heteroatoms. The molecule has 2 atom stereocenters. The molecule has 0 spiro atoms. The SMILES string of the molecule is CCCCCCCCC1(CCCCCCC)c2ccccc2-c2ccc(C3(C)C=CC4=C(C3)C(C)(C)c3cc(-c5ccc6c(c5)C(C)(C)c5cc(-c7ccc(C)c(C)c7)ccc5-6)ccc34)cc21. The van der Waals surface area contributed by atoms with E-state index in [0.717, 1.165) is 6.42 Å². The highest BCUT2D eigenvalue weighted by atomic mass is 14.5. The Hall–Kier alpha value is -5.20. The second-order valence-electron chi connectivity index (χ2n) is 22.7. The van der Waals surface area contributed by atoms with Crippen LogP contribution in [0, 0.1) is 13.8 Å². The van der Waals surface area contributed by atoms with Crippen LogP contribution < -0.4 is 0 Å². The number of allylic oxidation sites excluding steroid dienone is 4. The van der Waals surface area contributed by atoms with Crippen molar-refractivity contribution >= 4 is 5.57 Å². The van der Waals surface area contributed by atoms with Crippen molar-refractivity contribution in [1.29, 1.82) is 0 Å². The maximum atomic E-state index is 2.71. The van der Waals surface area contributed by atoms with Gasteiger partial charge in [-0.1, -0.05) is 234 Å². The fourth-order valence-electron chi connectivity index (χ4n) is 13.3. The average molecular weight is 881 g/mol. The van der Waals surface area contributed by atoms with Crippen molar-refractivity contribution < 1.29 is 0 Å². The van der Waals surface area contributed by atoms with Crippen LogP contribution in [-0.4, -0.2) is 0 Å². The van der Waals surface area contributed by atoms with Crippen LogP contribution in [0.25, 0.3) is 50.1 Å². The van der Waals surface area contributed by atoms with Gasteiger partial charge in [0.25, 0.3) is 0 Å². The maximum Gasteiger partial charge on any atom is 0.0215 e. The highest BCUT2D eigenvalue weighted by molar-refractivity contribution is 5.91. The molecule has 0 saturated carbocycles. The molecule has 0 heterocycles. The molecule has 6 aromatic rings. The summed E-state index contributed by atoms with van der Waals surface area (Å²) in [4.78, 5) is 0. The zero-order valence-corrected chi connectivity index (χ0v) is 42.5. The van der Waals surface area contributed by atoms with E-state index in [0.29, 0.717) is 0 Å². The molecule has 2 unspecified atom stereocenters. The van der Waals surface area contributed by atoms with E-state index in [2.05, 4.69) is 190 Å². The summed E-state index contributed by atoms with van der Waals surface area (Å²) in [5.41, 5.74) is 27.0. The van der Waals surface area contributed by atoms with Gasteiger partial charge < -0.3 is 0 Å². The molecule has 0 aromatic heterocycles. The predicted octanol–water partition coefficient (Wildman–Crippen LogP) is 19.3. The van der Waals surface area contributed by atoms with Crippen LogP contribution in [-0.2, 0) is 21.7 Å². The molecular weight excluding hydrogens is 805 g/mol. The number of rotatable bonds is 16. The summed E-state index contributed by atoms with van der Waals surface area (Å²) < 4.78 is 0. The van der Waals surface area contributed by atoms with Crippen molar-refractivity contribution in [2.45, 2.75) is 174 Å². The Labute approximate surface area is 405 Å². The van der Waals surface area contributed by atoms with Gasteiger partial charge in [-0.3, -0.25) is 0 Å². The van der Waals surface area contributed by atoms with Crippen LogP contribution in [0.15, 0.2) is 133 Å². The molecule has 344 valence electrons. The topological polar surface area (TPSA) is 0 Å². The van der Waals surface area contributed by atoms with Gasteiger partial charge in [-0.15, -0.1) is 0 Å². The van der Waals surface area contributed by atoms with Gasteiger partial charge in [0.15, 0.2) is 0 Å². The molecule has 4 aliphatic carbocycles. The Morgan fingerprint density at radius 1 is 0.418 bits per heavy atom. The summed E-state index contributed by atoms with van der Waals surface area (Å²) in [6.45, 7) is 21.4. The monoisotopic (exact) mass is 881 g/mol. The average Bonchev–Trinajstić information content (AvgIpc) is 3.83. The van der Waals surface area contributed by atoms with Gasteiger partial charge in [-0.25, -0.2) is 0 Å². The number of fused-ring (bicyclic) bond motifs is 8. The normalized spacial score (nSPS) is 20.1. The molecule has 10 rings (SSSR count). The van der Waals surface area contributed by atoms with Crippen LogP contribution in [0.2, 0.25) is 0 Å². The van der Waals surface area contributed by atoms with E-state index in [4.69, 9.17) is 0 Å². The van der Waals surface area contributed by atoms with E-state index < -0.39 is 0 Å². The van der Waals surface area contributed by atoms with Gasteiger partial charge in [0.1, 0.15) is 0 Å². The molecular formula is C67H76. The van der Waals surface area contributed by atoms with E-state index >= 15 is 0 Å². The first-order valence-corrected chi connectivity index (χ1v) is 26.5. The third-order valence-corrected chi connectivity index (χ3v) is 17.7. The van der Waals surface area contributed by atoms with E-state index in [1.807, 2.05) is 0 Å². The molecule has 0 nitrogen and oxygen atoms in total. The smallest absolute Gasteiger partial charge is 0.0215 e. The van der Waals surface area contributed by atoms with Gasteiger partial charge in [0, 0.05) is 21.7 Å². The quantitative estimate of drug-likeness (QED) is 0.0850. The van der Waals surface area contributed by atoms with E-state index in [1.54, 1.807) is 16.7 Å². The minimum absolute atomic E-state index is 0.0728. The van der Waals surface area contributed by atoms with Gasteiger partial charge in [-0.05, 0) is 151 Å². The molecule has 0 aliphatic heterocycles. The van der Waals surface area contributed by atoms with Crippen LogP contribution in [0.3, 0.4) is 0 Å². The summed E-state index contributed by atoms with van der Waals surface area (Å²) >= 11 is 0. The number of hydrogen-bond acceptors (Lipinski definition) is 0. The second-order valence-corrected chi connectivity index (χ2v) is 22.7. The summed E-state index contributed by atoms with van der Waals surface area (Å²) in [6, 6.07) is 45.9. The number of aryl methyl sites for hydroxylation is 2. The van der Waals surface area contributed by atoms with Crippen molar-refractivity contribution in [3.63, 3.8) is 0 Å². The molecule has 4 aliphatic rings. The van der Waals surface area contributed by atoms with Gasteiger partial charge >= 0.3 is 0 Å². The fraction of sp³-hybridized carbons (Fsp3) is 0.403. The molecule has 0 N–H and O–H groups in total. The standard InChI is InChI=1S/C67H76/c1-10-12-14-16-18-22-37-67(36-21-17-15-13-11-2)58-24-20-19-23-52(58)56-34-30-51(43-62(56)67)66(9)38-35-57-55-33-29-50(42-61(55)65(7,8)63(57)44-66)49-28-32-54-53-31-27-48(47-26-25-45(3)46(4)39-47)40-59(53)64(5,6)60(54)41-49/h19-20,23-35,38-43H,10-18,21-22,36-37,44H2,1-9H3. The van der Waals surface area contributed by atoms with E-state index in [-0.39, 0.29) is 21.7 Å². The lowest BCUT2D eigenvalue weighted by Crippen LogP contribution is -2.29. The Kier molecular flexibility index (Phi) is 12.0. The Morgan fingerprint density at radius 3 is 1.52 bits per heavy atom. The second kappa shape index (κ2) is 17.7. The predicted molar refractivity (Wildman–Crippen MR) is 289 cm³/mol. The molecule has 0 radical (unpaired) electrons. The van der Waals surface area contributed by atoms with Crippen molar-refractivity contribution in [2.24, 2.45) is 0 Å². The molecule has 0 saturated heterocycles. The highest BCUT2D eigenvalue weighted by Crippen LogP contribution is 2.58. The van der Waals surface area contributed by atoms with E-state index in [9.17, 15) is 0 Å². The first-order valence-electron chi connectivity index (χ1n) is 26.5. The third-order valence-electron chi connectivity index (χ3n) is 17.7. The summed E-state index contributed by atoms with van der Waals surface area (Å²) in [5.74, 6) is 0. The molecule has 67 heavy (non-hydrogen) atoms. The van der Waals surface area contributed by atoms with Gasteiger partial charge in [-0.2, -0.15) is 0 Å². The Balaban J connectivity index is 0.935. The third kappa shape index (κ3) is 7.74. The van der Waals surface area contributed by atoms with Crippen LogP contribution in [0.1, 0.15) is 188 Å². The van der Waals surface area contributed by atoms with E-state index in [1.165, 1.54) is 172 Å². The number of unbranched alkanes of at least 4 members (excludes halogenated alkanes) is 9. The van der Waals surface area contributed by atoms with Crippen molar-refractivity contribution in [3.05, 3.63) is 183 Å². The zero-order valence-electron chi connectivity index (χ0n) is 42.5. The lowest BCUT2D eigenvalue weighted by Gasteiger charge is -2.37. The van der Waals surface area contributed by atoms with Crippen LogP contribution in [0.5, 0.6) is 0 Å². The minimum Gasteiger partial charge on any atom is -0.0733 e. The lowest BCUT2D eigenvalue weighted by atomic mass is 9.66. The van der Waals surface area contributed by atoms with Crippen molar-refractivity contribution in [3.8, 4) is 44.5 Å². The molecule has 0 bridgehead atoms. The van der Waals surface area contributed by atoms with Gasteiger partial charge in [0.05, 0.1) is 0 Å². The minimum atomic E-state index is -0.0921. The molecule has 0 amide bonds. The largest absolute Gasteiger partial charge is 0.0733 e. The van der Waals surface area contributed by atoms with Crippen molar-refractivity contribution in [2.75, 3.05) is 0 Å². The molecule has 0 fully saturated rings. The summed E-state index contributed by atoms with van der Waals surface area (Å²) in [6.07, 6.45) is 23.4. The Morgan fingerprint density at radius 2 is 0.910 bits per heavy atom. The zero-order chi connectivity index (χ0) is 46.7. The summed E-state index contributed by atoms with van der Waals surface area (Å²) in [5, 5.41) is 0. The Bertz CT molecular complexity index is 2920. The van der Waals surface area contributed by atoms with Crippen LogP contribution >= 0.6 is 0 Å². The molecule has 6 aromatic carbocycles. The number of hydrogen-bond donors (Lipinski definition) is 0. The van der Waals surface area contributed by atoms with Gasteiger partial charge in [0.2, 0.25) is 0 Å². The first kappa shape index (κ1) is 45.6. The van der Waals surface area contributed by atoms with Crippen molar-refractivity contribution in [1.82, 2.24) is 0 Å². The maximum absolute atomic E-state index is 2.71. The first-order chi connectivity index (χ1) is 32.3. The van der Waals surface area contributed by atoms with Crippen LogP contribution in [0.4, 0.5) is 0 Å². The fourth-order valence-corrected chi connectivity index (χ4v) is 13.3.